The molecule has 1 aromatic carbocycles. The number of nitrogens with two attached hydrogens (primary N) is 1. The average Bonchev–Trinajstić information content (AvgIpc) is 2.73. The fourth-order valence-corrected chi connectivity index (χ4v) is 3.05. The summed E-state index contributed by atoms with van der Waals surface area (Å²) in [6, 6.07) is 9.55. The number of anilines is 2. The van der Waals surface area contributed by atoms with Crippen LogP contribution in [0.4, 0.5) is 11.5 Å². The van der Waals surface area contributed by atoms with Crippen LogP contribution < -0.4 is 25.4 Å². The first-order chi connectivity index (χ1) is 13.6. The summed E-state index contributed by atoms with van der Waals surface area (Å²) >= 11 is 0. The summed E-state index contributed by atoms with van der Waals surface area (Å²) in [6.45, 7) is 4.55. The Labute approximate surface area is 189 Å². The van der Waals surface area contributed by atoms with Crippen molar-refractivity contribution in [2.75, 3.05) is 57.7 Å². The van der Waals surface area contributed by atoms with E-state index in [9.17, 15) is 0 Å². The van der Waals surface area contributed by atoms with Gasteiger partial charge in [0, 0.05) is 44.1 Å². The van der Waals surface area contributed by atoms with E-state index in [0.717, 1.165) is 43.2 Å². The molecule has 9 heteroatoms. The van der Waals surface area contributed by atoms with Crippen LogP contribution in [0.2, 0.25) is 0 Å². The van der Waals surface area contributed by atoms with Gasteiger partial charge in [0.2, 0.25) is 0 Å². The number of piperazine rings is 1. The fraction of sp³-hybridized carbons (Fsp3) is 0.400. The Hall–Kier alpha value is -2.27. The molecule has 0 radical (unpaired) electrons. The van der Waals surface area contributed by atoms with Crippen molar-refractivity contribution in [3.63, 3.8) is 0 Å². The molecule has 0 unspecified atom stereocenters. The minimum Gasteiger partial charge on any atom is -0.493 e. The topological polar surface area (TPSA) is 88.2 Å². The second-order valence-corrected chi connectivity index (χ2v) is 6.71. The zero-order valence-electron chi connectivity index (χ0n) is 17.1. The van der Waals surface area contributed by atoms with Gasteiger partial charge >= 0.3 is 0 Å². The first kappa shape index (κ1) is 23.0. The van der Waals surface area contributed by atoms with Crippen LogP contribution in [0, 0.1) is 0 Å². The van der Waals surface area contributed by atoms with Crippen LogP contribution in [0.15, 0.2) is 41.5 Å². The van der Waals surface area contributed by atoms with Gasteiger partial charge in [0.15, 0.2) is 17.5 Å². The number of benzene rings is 1. The molecule has 1 aromatic heterocycles. The van der Waals surface area contributed by atoms with E-state index in [2.05, 4.69) is 38.2 Å². The zero-order valence-corrected chi connectivity index (χ0v) is 19.4. The van der Waals surface area contributed by atoms with Crippen LogP contribution >= 0.6 is 24.0 Å². The molecule has 1 fully saturated rings. The lowest BCUT2D eigenvalue weighted by atomic mass is 10.2. The summed E-state index contributed by atoms with van der Waals surface area (Å²) in [4.78, 5) is 13.6. The Kier molecular flexibility index (Phi) is 8.77. The molecule has 3 N–H and O–H groups in total. The molecule has 0 amide bonds. The number of aromatic nitrogens is 1. The van der Waals surface area contributed by atoms with Gasteiger partial charge in [-0.2, -0.15) is 0 Å². The molecule has 2 heterocycles. The van der Waals surface area contributed by atoms with Crippen molar-refractivity contribution in [2.45, 2.75) is 6.54 Å². The number of methoxy groups -OCH3 is 2. The predicted molar refractivity (Wildman–Crippen MR) is 128 cm³/mol. The van der Waals surface area contributed by atoms with E-state index >= 15 is 0 Å². The van der Waals surface area contributed by atoms with E-state index in [4.69, 9.17) is 15.2 Å². The lowest BCUT2D eigenvalue weighted by Gasteiger charge is -2.33. The lowest BCUT2D eigenvalue weighted by Crippen LogP contribution is -2.44. The molecule has 158 valence electrons. The Balaban J connectivity index is 0.00000300. The summed E-state index contributed by atoms with van der Waals surface area (Å²) in [7, 11) is 5.34. The van der Waals surface area contributed by atoms with Crippen molar-refractivity contribution >= 4 is 41.4 Å². The number of nitrogens with zero attached hydrogens (tertiary/aromatic N) is 4. The second-order valence-electron chi connectivity index (χ2n) is 6.71. The van der Waals surface area contributed by atoms with Crippen LogP contribution in [0.1, 0.15) is 5.56 Å². The van der Waals surface area contributed by atoms with E-state index in [1.54, 1.807) is 14.2 Å². The third-order valence-electron chi connectivity index (χ3n) is 4.73. The molecule has 3 rings (SSSR count). The fourth-order valence-electron chi connectivity index (χ4n) is 3.05. The Bertz CT molecular complexity index is 824. The molecule has 2 aromatic rings. The zero-order chi connectivity index (χ0) is 19.9. The van der Waals surface area contributed by atoms with E-state index in [1.807, 2.05) is 30.5 Å². The molecular weight excluding hydrogens is 483 g/mol. The van der Waals surface area contributed by atoms with Crippen molar-refractivity contribution in [3.8, 4) is 11.5 Å². The minimum absolute atomic E-state index is 0. The maximum Gasteiger partial charge on any atom is 0.193 e. The smallest absolute Gasteiger partial charge is 0.193 e. The standard InChI is InChI=1S/C20H28N6O2.HI/c1-25-8-10-26(11-9-25)19-12-15(6-7-22-19)14-23-20(21)24-16-4-5-17(27-2)18(13-16)28-3;/h4-7,12-13H,8-11,14H2,1-3H3,(H3,21,23,24);1H. The van der Waals surface area contributed by atoms with Gasteiger partial charge in [0.05, 0.1) is 20.8 Å². The van der Waals surface area contributed by atoms with Crippen molar-refractivity contribution in [2.24, 2.45) is 10.7 Å². The summed E-state index contributed by atoms with van der Waals surface area (Å²) < 4.78 is 10.5. The first-order valence-corrected chi connectivity index (χ1v) is 9.26. The first-order valence-electron chi connectivity index (χ1n) is 9.26. The van der Waals surface area contributed by atoms with Crippen LogP contribution in [0.25, 0.3) is 0 Å². The van der Waals surface area contributed by atoms with Gasteiger partial charge in [-0.25, -0.2) is 9.98 Å². The average molecular weight is 512 g/mol. The van der Waals surface area contributed by atoms with Crippen LogP contribution in [0.5, 0.6) is 11.5 Å². The number of ether oxygens (including phenoxy) is 2. The number of hydrogen-bond acceptors (Lipinski definition) is 6. The van der Waals surface area contributed by atoms with Gasteiger partial charge in [0.1, 0.15) is 5.82 Å². The molecule has 29 heavy (non-hydrogen) atoms. The highest BCUT2D eigenvalue weighted by Gasteiger charge is 2.15. The molecule has 0 atom stereocenters. The number of pyridine rings is 1. The minimum atomic E-state index is 0. The van der Waals surface area contributed by atoms with E-state index < -0.39 is 0 Å². The maximum atomic E-state index is 6.05. The molecule has 0 aliphatic carbocycles. The highest BCUT2D eigenvalue weighted by atomic mass is 127. The van der Waals surface area contributed by atoms with Crippen molar-refractivity contribution in [3.05, 3.63) is 42.1 Å². The van der Waals surface area contributed by atoms with Gasteiger partial charge < -0.3 is 30.3 Å². The van der Waals surface area contributed by atoms with Gasteiger partial charge in [0.25, 0.3) is 0 Å². The molecule has 0 bridgehead atoms. The maximum absolute atomic E-state index is 6.05. The predicted octanol–water partition coefficient (Wildman–Crippen LogP) is 2.40. The van der Waals surface area contributed by atoms with E-state index in [-0.39, 0.29) is 24.0 Å². The number of aliphatic imine (C=N–C) groups is 1. The van der Waals surface area contributed by atoms with Gasteiger partial charge in [-0.1, -0.05) is 0 Å². The number of nitrogens with one attached hydrogen (secondary N) is 1. The monoisotopic (exact) mass is 512 g/mol. The van der Waals surface area contributed by atoms with Crippen molar-refractivity contribution in [1.82, 2.24) is 9.88 Å². The number of guanidine groups is 1. The van der Waals surface area contributed by atoms with Crippen LogP contribution in [0.3, 0.4) is 0 Å². The Morgan fingerprint density at radius 1 is 1.10 bits per heavy atom. The summed E-state index contributed by atoms with van der Waals surface area (Å²) in [5, 5.41) is 3.08. The van der Waals surface area contributed by atoms with Gasteiger partial charge in [-0.15, -0.1) is 24.0 Å². The molecular formula is C20H29IN6O2. The van der Waals surface area contributed by atoms with Crippen molar-refractivity contribution < 1.29 is 9.47 Å². The SMILES string of the molecule is COc1ccc(NC(N)=NCc2ccnc(N3CCN(C)CC3)c2)cc1OC.I. The highest BCUT2D eigenvalue weighted by molar-refractivity contribution is 14.0. The molecule has 0 saturated carbocycles. The Morgan fingerprint density at radius 3 is 2.52 bits per heavy atom. The lowest BCUT2D eigenvalue weighted by molar-refractivity contribution is 0.312. The normalized spacial score (nSPS) is 14.9. The third kappa shape index (κ3) is 6.36. The molecule has 1 saturated heterocycles. The number of hydrogen-bond donors (Lipinski definition) is 2. The third-order valence-corrected chi connectivity index (χ3v) is 4.73. The molecule has 0 spiro atoms. The number of halogens is 1. The quantitative estimate of drug-likeness (QED) is 0.349. The summed E-state index contributed by atoms with van der Waals surface area (Å²) in [6.07, 6.45) is 1.83. The van der Waals surface area contributed by atoms with E-state index in [1.165, 1.54) is 0 Å². The van der Waals surface area contributed by atoms with Crippen LogP contribution in [-0.4, -0.2) is 63.3 Å². The van der Waals surface area contributed by atoms with Crippen molar-refractivity contribution in [1.29, 1.82) is 0 Å². The largest absolute Gasteiger partial charge is 0.493 e. The van der Waals surface area contributed by atoms with E-state index in [0.29, 0.717) is 24.0 Å². The van der Waals surface area contributed by atoms with Gasteiger partial charge in [-0.3, -0.25) is 0 Å². The molecule has 8 nitrogen and oxygen atoms in total. The second kappa shape index (κ2) is 11.1. The summed E-state index contributed by atoms with van der Waals surface area (Å²) in [5.74, 6) is 2.63. The van der Waals surface area contributed by atoms with Gasteiger partial charge in [-0.05, 0) is 36.9 Å². The molecule has 1 aliphatic rings. The van der Waals surface area contributed by atoms with Crippen LogP contribution in [-0.2, 0) is 6.54 Å². The summed E-state index contributed by atoms with van der Waals surface area (Å²) in [5.41, 5.74) is 7.90. The molecule has 1 aliphatic heterocycles. The number of rotatable bonds is 6. The number of likely N-dealkylation sites (N-methyl/N-ethyl adjacent to an activating group) is 1. The Morgan fingerprint density at radius 2 is 1.83 bits per heavy atom. The highest BCUT2D eigenvalue weighted by Crippen LogP contribution is 2.29.